The first-order chi connectivity index (χ1) is 12.8. The molecule has 0 atom stereocenters. The number of nitrogens with one attached hydrogen (secondary N) is 1. The van der Waals surface area contributed by atoms with Gasteiger partial charge in [0, 0.05) is 25.8 Å². The van der Waals surface area contributed by atoms with Gasteiger partial charge in [-0.3, -0.25) is 4.79 Å². The summed E-state index contributed by atoms with van der Waals surface area (Å²) in [6, 6.07) is 9.53. The number of pyridine rings is 1. The van der Waals surface area contributed by atoms with E-state index < -0.39 is 0 Å². The van der Waals surface area contributed by atoms with E-state index in [0.717, 1.165) is 42.4 Å². The van der Waals surface area contributed by atoms with Crippen LogP contribution in [0.25, 0.3) is 0 Å². The van der Waals surface area contributed by atoms with Gasteiger partial charge in [0.25, 0.3) is 5.91 Å². The van der Waals surface area contributed by atoms with E-state index in [-0.39, 0.29) is 12.7 Å². The van der Waals surface area contributed by atoms with Crippen molar-refractivity contribution in [2.45, 2.75) is 6.42 Å². The van der Waals surface area contributed by atoms with Crippen molar-refractivity contribution in [2.75, 3.05) is 44.5 Å². The number of benzene rings is 1. The summed E-state index contributed by atoms with van der Waals surface area (Å²) in [6.07, 6.45) is 2.35. The normalized spacial score (nSPS) is 15.8. The highest BCUT2D eigenvalue weighted by Gasteiger charge is 2.14. The third-order valence-electron chi connectivity index (χ3n) is 4.48. The number of hydrogen-bond donors (Lipinski definition) is 1. The monoisotopic (exact) mass is 355 g/mol. The third-order valence-corrected chi connectivity index (χ3v) is 4.48. The molecule has 0 unspecified atom stereocenters. The molecule has 3 heterocycles. The summed E-state index contributed by atoms with van der Waals surface area (Å²) in [5.74, 6) is 2.29. The molecule has 1 fully saturated rings. The van der Waals surface area contributed by atoms with E-state index in [4.69, 9.17) is 14.2 Å². The van der Waals surface area contributed by atoms with Crippen molar-refractivity contribution in [1.29, 1.82) is 0 Å². The predicted molar refractivity (Wildman–Crippen MR) is 95.9 cm³/mol. The lowest BCUT2D eigenvalue weighted by Gasteiger charge is -2.27. The Bertz CT molecular complexity index is 773. The summed E-state index contributed by atoms with van der Waals surface area (Å²) >= 11 is 0. The van der Waals surface area contributed by atoms with Gasteiger partial charge >= 0.3 is 0 Å². The average molecular weight is 355 g/mol. The van der Waals surface area contributed by atoms with Crippen molar-refractivity contribution in [3.05, 3.63) is 47.7 Å². The Hall–Kier alpha value is -2.80. The van der Waals surface area contributed by atoms with Gasteiger partial charge < -0.3 is 24.4 Å². The van der Waals surface area contributed by atoms with E-state index >= 15 is 0 Å². The van der Waals surface area contributed by atoms with Crippen LogP contribution in [0.4, 0.5) is 5.82 Å². The molecule has 7 heteroatoms. The van der Waals surface area contributed by atoms with Crippen molar-refractivity contribution in [3.63, 3.8) is 0 Å². The molecule has 4 rings (SSSR count). The molecule has 1 saturated heterocycles. The first-order valence-electron chi connectivity index (χ1n) is 8.75. The highest BCUT2D eigenvalue weighted by atomic mass is 16.7. The number of hydrogen-bond acceptors (Lipinski definition) is 6. The number of rotatable bonds is 5. The zero-order chi connectivity index (χ0) is 17.8. The van der Waals surface area contributed by atoms with Gasteiger partial charge in [0.1, 0.15) is 5.82 Å². The van der Waals surface area contributed by atoms with Crippen molar-refractivity contribution in [3.8, 4) is 11.5 Å². The lowest BCUT2D eigenvalue weighted by molar-refractivity contribution is 0.0953. The topological polar surface area (TPSA) is 72.9 Å². The number of morpholine rings is 1. The van der Waals surface area contributed by atoms with Gasteiger partial charge in [-0.2, -0.15) is 0 Å². The van der Waals surface area contributed by atoms with E-state index in [1.807, 2.05) is 30.3 Å². The molecule has 2 aliphatic rings. The standard InChI is InChI=1S/C19H21N3O4/c23-19(15-2-4-18(21-12-15)22-7-9-24-10-8-22)20-6-5-14-1-3-16-17(11-14)26-13-25-16/h1-4,11-12H,5-10,13H2,(H,20,23). The summed E-state index contributed by atoms with van der Waals surface area (Å²) < 4.78 is 16.0. The summed E-state index contributed by atoms with van der Waals surface area (Å²) in [7, 11) is 0. The number of carbonyl (C=O) groups is 1. The Morgan fingerprint density at radius 2 is 1.96 bits per heavy atom. The summed E-state index contributed by atoms with van der Waals surface area (Å²) in [5, 5.41) is 2.93. The Kier molecular flexibility index (Phi) is 4.88. The maximum Gasteiger partial charge on any atom is 0.252 e. The number of amides is 1. The van der Waals surface area contributed by atoms with Crippen LogP contribution in [-0.2, 0) is 11.2 Å². The van der Waals surface area contributed by atoms with Gasteiger partial charge in [0.15, 0.2) is 11.5 Å². The molecule has 26 heavy (non-hydrogen) atoms. The van der Waals surface area contributed by atoms with Crippen LogP contribution in [-0.4, -0.2) is 50.5 Å². The molecule has 0 aliphatic carbocycles. The SMILES string of the molecule is O=C(NCCc1ccc2c(c1)OCO2)c1ccc(N2CCOCC2)nc1. The fraction of sp³-hybridized carbons (Fsp3) is 0.368. The van der Waals surface area contributed by atoms with Crippen LogP contribution < -0.4 is 19.7 Å². The van der Waals surface area contributed by atoms with Crippen LogP contribution >= 0.6 is 0 Å². The van der Waals surface area contributed by atoms with Gasteiger partial charge in [0.2, 0.25) is 6.79 Å². The molecule has 0 spiro atoms. The zero-order valence-electron chi connectivity index (χ0n) is 14.4. The second-order valence-corrected chi connectivity index (χ2v) is 6.20. The molecule has 0 saturated carbocycles. The number of anilines is 1. The highest BCUT2D eigenvalue weighted by Crippen LogP contribution is 2.32. The molecule has 2 aromatic rings. The molecule has 2 aliphatic heterocycles. The fourth-order valence-electron chi connectivity index (χ4n) is 3.02. The molecular formula is C19H21N3O4. The zero-order valence-corrected chi connectivity index (χ0v) is 14.4. The molecule has 1 aromatic carbocycles. The van der Waals surface area contributed by atoms with Crippen LogP contribution in [0.5, 0.6) is 11.5 Å². The van der Waals surface area contributed by atoms with Crippen molar-refractivity contribution >= 4 is 11.7 Å². The minimum Gasteiger partial charge on any atom is -0.454 e. The number of carbonyl (C=O) groups excluding carboxylic acids is 1. The maximum absolute atomic E-state index is 12.3. The molecule has 7 nitrogen and oxygen atoms in total. The van der Waals surface area contributed by atoms with E-state index in [0.29, 0.717) is 25.3 Å². The molecule has 0 radical (unpaired) electrons. The molecule has 136 valence electrons. The van der Waals surface area contributed by atoms with Gasteiger partial charge in [-0.1, -0.05) is 6.07 Å². The minimum absolute atomic E-state index is 0.119. The molecule has 1 aromatic heterocycles. The first kappa shape index (κ1) is 16.7. The van der Waals surface area contributed by atoms with Crippen LogP contribution in [0, 0.1) is 0 Å². The third kappa shape index (κ3) is 3.72. The van der Waals surface area contributed by atoms with Crippen molar-refractivity contribution in [2.24, 2.45) is 0 Å². The smallest absolute Gasteiger partial charge is 0.252 e. The first-order valence-corrected chi connectivity index (χ1v) is 8.75. The van der Waals surface area contributed by atoms with Crippen LogP contribution in [0.2, 0.25) is 0 Å². The second kappa shape index (κ2) is 7.61. The van der Waals surface area contributed by atoms with E-state index in [1.165, 1.54) is 0 Å². The number of ether oxygens (including phenoxy) is 3. The van der Waals surface area contributed by atoms with Gasteiger partial charge in [-0.15, -0.1) is 0 Å². The minimum atomic E-state index is -0.119. The molecule has 1 amide bonds. The van der Waals surface area contributed by atoms with E-state index in [2.05, 4.69) is 15.2 Å². The summed E-state index contributed by atoms with van der Waals surface area (Å²) in [5.41, 5.74) is 1.66. The number of nitrogens with zero attached hydrogens (tertiary/aromatic N) is 2. The second-order valence-electron chi connectivity index (χ2n) is 6.20. The Morgan fingerprint density at radius 3 is 2.77 bits per heavy atom. The van der Waals surface area contributed by atoms with Crippen LogP contribution in [0.15, 0.2) is 36.5 Å². The van der Waals surface area contributed by atoms with E-state index in [1.54, 1.807) is 6.20 Å². The highest BCUT2D eigenvalue weighted by molar-refractivity contribution is 5.94. The van der Waals surface area contributed by atoms with E-state index in [9.17, 15) is 4.79 Å². The fourth-order valence-corrected chi connectivity index (χ4v) is 3.02. The van der Waals surface area contributed by atoms with Crippen molar-refractivity contribution < 1.29 is 19.0 Å². The van der Waals surface area contributed by atoms with Crippen LogP contribution in [0.1, 0.15) is 15.9 Å². The van der Waals surface area contributed by atoms with Crippen molar-refractivity contribution in [1.82, 2.24) is 10.3 Å². The van der Waals surface area contributed by atoms with Gasteiger partial charge in [-0.25, -0.2) is 4.98 Å². The Balaban J connectivity index is 1.29. The van der Waals surface area contributed by atoms with Gasteiger partial charge in [-0.05, 0) is 36.2 Å². The molecule has 1 N–H and O–H groups in total. The number of aromatic nitrogens is 1. The van der Waals surface area contributed by atoms with Gasteiger partial charge in [0.05, 0.1) is 18.8 Å². The maximum atomic E-state index is 12.3. The summed E-state index contributed by atoms with van der Waals surface area (Å²) in [6.45, 7) is 3.89. The Labute approximate surface area is 151 Å². The Morgan fingerprint density at radius 1 is 1.12 bits per heavy atom. The summed E-state index contributed by atoms with van der Waals surface area (Å²) in [4.78, 5) is 18.8. The average Bonchev–Trinajstić information content (AvgIpc) is 3.16. The molecular weight excluding hydrogens is 334 g/mol. The number of fused-ring (bicyclic) bond motifs is 1. The predicted octanol–water partition coefficient (Wildman–Crippen LogP) is 1.62. The largest absolute Gasteiger partial charge is 0.454 e. The molecule has 0 bridgehead atoms. The lowest BCUT2D eigenvalue weighted by atomic mass is 10.1. The lowest BCUT2D eigenvalue weighted by Crippen LogP contribution is -2.36. The quantitative estimate of drug-likeness (QED) is 0.879. The van der Waals surface area contributed by atoms with Crippen LogP contribution in [0.3, 0.4) is 0 Å².